The minimum absolute atomic E-state index is 0.00388. The Labute approximate surface area is 230 Å². The van der Waals surface area contributed by atoms with Crippen molar-refractivity contribution >= 4 is 28.9 Å². The monoisotopic (exact) mass is 521 g/mol. The van der Waals surface area contributed by atoms with E-state index in [1.807, 2.05) is 62.4 Å². The number of hydrogen-bond acceptors (Lipinski definition) is 5. The van der Waals surface area contributed by atoms with Crippen LogP contribution in [0.2, 0.25) is 0 Å². The number of carbonyl (C=O) groups is 2. The predicted octanol–water partition coefficient (Wildman–Crippen LogP) is 5.80. The average Bonchev–Trinajstić information content (AvgIpc) is 3.07. The third-order valence-electron chi connectivity index (χ3n) is 8.10. The minimum atomic E-state index is -0.0816. The molecule has 1 saturated heterocycles. The quantitative estimate of drug-likeness (QED) is 0.428. The van der Waals surface area contributed by atoms with Crippen molar-refractivity contribution in [2.24, 2.45) is 5.92 Å². The number of nitrogens with one attached hydrogen (secondary N) is 2. The molecule has 3 aromatic carbocycles. The van der Waals surface area contributed by atoms with Crippen LogP contribution in [0.4, 0.5) is 17.1 Å². The van der Waals surface area contributed by atoms with E-state index in [2.05, 4.69) is 45.6 Å². The van der Waals surface area contributed by atoms with Crippen LogP contribution in [0.25, 0.3) is 0 Å². The Morgan fingerprint density at radius 3 is 2.49 bits per heavy atom. The Bertz CT molecular complexity index is 1420. The van der Waals surface area contributed by atoms with Gasteiger partial charge in [-0.05, 0) is 61.2 Å². The molecular weight excluding hydrogens is 486 g/mol. The number of amides is 2. The summed E-state index contributed by atoms with van der Waals surface area (Å²) >= 11 is 0. The first kappa shape index (κ1) is 26.5. The Hall–Kier alpha value is -4.15. The van der Waals surface area contributed by atoms with E-state index in [1.165, 1.54) is 0 Å². The van der Waals surface area contributed by atoms with E-state index in [0.717, 1.165) is 55.0 Å². The van der Waals surface area contributed by atoms with Gasteiger partial charge in [-0.1, -0.05) is 50.2 Å². The second-order valence-electron chi connectivity index (χ2n) is 10.4. The second-order valence-corrected chi connectivity index (χ2v) is 10.4. The third kappa shape index (κ3) is 5.13. The van der Waals surface area contributed by atoms with Crippen molar-refractivity contribution in [2.75, 3.05) is 35.2 Å². The van der Waals surface area contributed by atoms with Crippen LogP contribution in [-0.2, 0) is 4.79 Å². The highest BCUT2D eigenvalue weighted by atomic mass is 16.2. The highest BCUT2D eigenvalue weighted by molar-refractivity contribution is 6.07. The third-order valence-corrected chi connectivity index (χ3v) is 8.10. The SMILES string of the molecule is CCC(CC)C(=O)Nc1ccc(N2CCN(C3c4ccccc4NC(=O)c4ccccc43)[C@@H](C)C2)c(C#N)c1. The summed E-state index contributed by atoms with van der Waals surface area (Å²) in [6.07, 6.45) is 1.57. The lowest BCUT2D eigenvalue weighted by molar-refractivity contribution is -0.120. The summed E-state index contributed by atoms with van der Waals surface area (Å²) < 4.78 is 0. The van der Waals surface area contributed by atoms with Crippen LogP contribution in [0.1, 0.15) is 66.7 Å². The van der Waals surface area contributed by atoms with Crippen molar-refractivity contribution in [1.29, 1.82) is 5.26 Å². The molecule has 200 valence electrons. The van der Waals surface area contributed by atoms with Crippen molar-refractivity contribution in [3.05, 3.63) is 89.0 Å². The lowest BCUT2D eigenvalue weighted by atomic mass is 9.91. The van der Waals surface area contributed by atoms with Gasteiger partial charge in [0, 0.05) is 48.5 Å². The van der Waals surface area contributed by atoms with Crippen LogP contribution in [0.15, 0.2) is 66.7 Å². The van der Waals surface area contributed by atoms with Crippen molar-refractivity contribution in [3.8, 4) is 6.07 Å². The van der Waals surface area contributed by atoms with E-state index < -0.39 is 0 Å². The molecule has 0 aliphatic carbocycles. The molecule has 7 heteroatoms. The number of hydrogen-bond donors (Lipinski definition) is 2. The number of piperazine rings is 1. The van der Waals surface area contributed by atoms with Gasteiger partial charge in [0.25, 0.3) is 5.91 Å². The van der Waals surface area contributed by atoms with Gasteiger partial charge in [0.15, 0.2) is 0 Å². The van der Waals surface area contributed by atoms with Gasteiger partial charge in [-0.25, -0.2) is 0 Å². The molecule has 2 N–H and O–H groups in total. The highest BCUT2D eigenvalue weighted by Gasteiger charge is 2.36. The smallest absolute Gasteiger partial charge is 0.256 e. The molecule has 0 radical (unpaired) electrons. The molecule has 2 atom stereocenters. The molecule has 2 amide bonds. The van der Waals surface area contributed by atoms with Gasteiger partial charge in [0.2, 0.25) is 5.91 Å². The van der Waals surface area contributed by atoms with Crippen LogP contribution < -0.4 is 15.5 Å². The van der Waals surface area contributed by atoms with E-state index in [-0.39, 0.29) is 29.8 Å². The minimum Gasteiger partial charge on any atom is -0.368 e. The Morgan fingerprint density at radius 2 is 1.77 bits per heavy atom. The van der Waals surface area contributed by atoms with Crippen LogP contribution in [-0.4, -0.2) is 42.4 Å². The maximum absolute atomic E-state index is 13.1. The molecule has 0 bridgehead atoms. The molecule has 0 spiro atoms. The number of nitriles is 1. The molecule has 39 heavy (non-hydrogen) atoms. The second kappa shape index (κ2) is 11.3. The van der Waals surface area contributed by atoms with Crippen molar-refractivity contribution in [2.45, 2.75) is 45.7 Å². The van der Waals surface area contributed by atoms with E-state index in [1.54, 1.807) is 6.07 Å². The molecule has 1 unspecified atom stereocenters. The summed E-state index contributed by atoms with van der Waals surface area (Å²) in [5.74, 6) is -0.119. The zero-order valence-electron chi connectivity index (χ0n) is 22.8. The fourth-order valence-corrected chi connectivity index (χ4v) is 5.96. The molecule has 0 aromatic heterocycles. The summed E-state index contributed by atoms with van der Waals surface area (Å²) in [6.45, 7) is 8.46. The number of benzene rings is 3. The zero-order valence-corrected chi connectivity index (χ0v) is 22.8. The first-order chi connectivity index (χ1) is 18.9. The Morgan fingerprint density at radius 1 is 1.05 bits per heavy atom. The molecule has 3 aromatic rings. The topological polar surface area (TPSA) is 88.5 Å². The summed E-state index contributed by atoms with van der Waals surface area (Å²) in [6, 6.07) is 24.0. The summed E-state index contributed by atoms with van der Waals surface area (Å²) in [7, 11) is 0. The summed E-state index contributed by atoms with van der Waals surface area (Å²) in [5.41, 5.74) is 5.73. The molecule has 5 rings (SSSR count). The highest BCUT2D eigenvalue weighted by Crippen LogP contribution is 2.40. The average molecular weight is 522 g/mol. The first-order valence-electron chi connectivity index (χ1n) is 13.8. The van der Waals surface area contributed by atoms with Gasteiger partial charge in [0.05, 0.1) is 17.3 Å². The lowest BCUT2D eigenvalue weighted by Crippen LogP contribution is -2.53. The predicted molar refractivity (Wildman–Crippen MR) is 155 cm³/mol. The van der Waals surface area contributed by atoms with Gasteiger partial charge in [0.1, 0.15) is 6.07 Å². The largest absolute Gasteiger partial charge is 0.368 e. The van der Waals surface area contributed by atoms with Gasteiger partial charge < -0.3 is 15.5 Å². The number of nitrogens with zero attached hydrogens (tertiary/aromatic N) is 3. The summed E-state index contributed by atoms with van der Waals surface area (Å²) in [4.78, 5) is 30.3. The van der Waals surface area contributed by atoms with Crippen molar-refractivity contribution < 1.29 is 9.59 Å². The molecule has 1 fully saturated rings. The standard InChI is InChI=1S/C32H35N5O2/c1-4-22(5-2)31(38)34-24-14-15-29(23(18-24)19-33)36-16-17-37(21(3)20-36)30-25-10-6-7-11-26(25)32(39)35-28-13-9-8-12-27(28)30/h6-15,18,21-22,30H,4-5,16-17,20H2,1-3H3,(H,34,38)(H,35,39)/t21-,30?/m0/s1. The number of anilines is 3. The van der Waals surface area contributed by atoms with Gasteiger partial charge >= 0.3 is 0 Å². The first-order valence-corrected chi connectivity index (χ1v) is 13.8. The van der Waals surface area contributed by atoms with Crippen LogP contribution >= 0.6 is 0 Å². The van der Waals surface area contributed by atoms with E-state index in [9.17, 15) is 14.9 Å². The number of fused-ring (bicyclic) bond motifs is 2. The zero-order chi connectivity index (χ0) is 27.5. The molecule has 2 aliphatic heterocycles. The van der Waals surface area contributed by atoms with Gasteiger partial charge in [-0.3, -0.25) is 14.5 Å². The van der Waals surface area contributed by atoms with Crippen LogP contribution in [0.5, 0.6) is 0 Å². The van der Waals surface area contributed by atoms with E-state index in [4.69, 9.17) is 0 Å². The number of rotatable bonds is 6. The molecule has 2 aliphatic rings. The molecule has 2 heterocycles. The van der Waals surface area contributed by atoms with E-state index in [0.29, 0.717) is 16.8 Å². The Kier molecular flexibility index (Phi) is 7.67. The van der Waals surface area contributed by atoms with E-state index >= 15 is 0 Å². The normalized spacial score (nSPS) is 18.9. The fourth-order valence-electron chi connectivity index (χ4n) is 5.96. The maximum Gasteiger partial charge on any atom is 0.256 e. The molecule has 0 saturated carbocycles. The van der Waals surface area contributed by atoms with Gasteiger partial charge in [-0.2, -0.15) is 5.26 Å². The van der Waals surface area contributed by atoms with Crippen LogP contribution in [0.3, 0.4) is 0 Å². The molecule has 7 nitrogen and oxygen atoms in total. The number of carbonyl (C=O) groups excluding carboxylic acids is 2. The van der Waals surface area contributed by atoms with Gasteiger partial charge in [-0.15, -0.1) is 0 Å². The Balaban J connectivity index is 1.40. The van der Waals surface area contributed by atoms with Crippen LogP contribution in [0, 0.1) is 17.2 Å². The summed E-state index contributed by atoms with van der Waals surface area (Å²) in [5, 5.41) is 16.1. The molecular formula is C32H35N5O2. The maximum atomic E-state index is 13.1. The fraction of sp³-hybridized carbons (Fsp3) is 0.344. The number of para-hydroxylation sites is 1. The lowest BCUT2D eigenvalue weighted by Gasteiger charge is -2.45. The van der Waals surface area contributed by atoms with Crippen molar-refractivity contribution in [3.63, 3.8) is 0 Å². The van der Waals surface area contributed by atoms with Crippen molar-refractivity contribution in [1.82, 2.24) is 4.90 Å².